The average molecular weight is 224 g/mol. The van der Waals surface area contributed by atoms with E-state index in [1.54, 1.807) is 27.0 Å². The van der Waals surface area contributed by atoms with Crippen LogP contribution in [0.2, 0.25) is 0 Å². The third-order valence-corrected chi connectivity index (χ3v) is 2.60. The summed E-state index contributed by atoms with van der Waals surface area (Å²) >= 11 is 0. The van der Waals surface area contributed by atoms with Crippen LogP contribution in [0.1, 0.15) is 25.2 Å². The summed E-state index contributed by atoms with van der Waals surface area (Å²) in [4.78, 5) is 19.6. The molecule has 16 heavy (non-hydrogen) atoms. The number of hydrogen-bond donors (Lipinski definition) is 1. The van der Waals surface area contributed by atoms with E-state index in [2.05, 4.69) is 14.7 Å². The number of ether oxygens (including phenoxy) is 1. The summed E-state index contributed by atoms with van der Waals surface area (Å²) in [6.45, 7) is 5.24. The second-order valence-electron chi connectivity index (χ2n) is 4.14. The van der Waals surface area contributed by atoms with Crippen LogP contribution in [0, 0.1) is 6.92 Å². The van der Waals surface area contributed by atoms with Crippen molar-refractivity contribution in [2.24, 2.45) is 0 Å². The predicted molar refractivity (Wildman–Crippen MR) is 57.8 cm³/mol. The summed E-state index contributed by atoms with van der Waals surface area (Å²) in [5, 5.41) is 9.88. The number of aliphatic hydroxyl groups is 1. The van der Waals surface area contributed by atoms with Crippen LogP contribution in [0.25, 0.3) is 0 Å². The molecule has 0 aliphatic carbocycles. The van der Waals surface area contributed by atoms with Gasteiger partial charge in [0.25, 0.3) is 0 Å². The molecule has 0 fully saturated rings. The second-order valence-corrected chi connectivity index (χ2v) is 4.14. The molecule has 0 saturated heterocycles. The maximum atomic E-state index is 11.3. The van der Waals surface area contributed by atoms with Gasteiger partial charge >= 0.3 is 5.97 Å². The van der Waals surface area contributed by atoms with Crippen LogP contribution in [0.5, 0.6) is 0 Å². The summed E-state index contributed by atoms with van der Waals surface area (Å²) in [5.74, 6) is -0.671. The number of hydrogen-bond acceptors (Lipinski definition) is 5. The van der Waals surface area contributed by atoms with E-state index in [1.165, 1.54) is 13.3 Å². The zero-order chi connectivity index (χ0) is 12.3. The van der Waals surface area contributed by atoms with E-state index < -0.39 is 17.5 Å². The number of carbonyl (C=O) groups is 1. The molecule has 88 valence electrons. The van der Waals surface area contributed by atoms with Gasteiger partial charge in [0.05, 0.1) is 18.5 Å². The number of rotatable bonds is 3. The molecule has 0 radical (unpaired) electrons. The molecule has 0 spiro atoms. The smallest absolute Gasteiger partial charge is 0.335 e. The topological polar surface area (TPSA) is 72.3 Å². The first-order chi connectivity index (χ1) is 7.41. The van der Waals surface area contributed by atoms with Crippen molar-refractivity contribution in [1.29, 1.82) is 0 Å². The molecule has 1 aromatic rings. The van der Waals surface area contributed by atoms with Gasteiger partial charge < -0.3 is 9.84 Å². The minimum Gasteiger partial charge on any atom is -0.467 e. The molecule has 1 unspecified atom stereocenters. The number of aromatic nitrogens is 2. The van der Waals surface area contributed by atoms with Crippen molar-refractivity contribution in [2.45, 2.75) is 32.3 Å². The van der Waals surface area contributed by atoms with Gasteiger partial charge in [-0.15, -0.1) is 0 Å². The Morgan fingerprint density at radius 1 is 1.44 bits per heavy atom. The molecule has 0 aliphatic rings. The largest absolute Gasteiger partial charge is 0.467 e. The lowest BCUT2D eigenvalue weighted by Crippen LogP contribution is -2.41. The monoisotopic (exact) mass is 224 g/mol. The predicted octanol–water partition coefficient (Wildman–Crippen LogP) is 0.597. The number of aliphatic hydroxyl groups excluding tert-OH is 1. The third kappa shape index (κ3) is 2.19. The van der Waals surface area contributed by atoms with E-state index in [1.807, 2.05) is 0 Å². The minimum absolute atomic E-state index is 0.591. The Bertz CT molecular complexity index is 391. The maximum Gasteiger partial charge on any atom is 0.335 e. The molecular weight excluding hydrogens is 208 g/mol. The van der Waals surface area contributed by atoms with Crippen molar-refractivity contribution < 1.29 is 14.6 Å². The van der Waals surface area contributed by atoms with Crippen molar-refractivity contribution in [1.82, 2.24) is 9.97 Å². The minimum atomic E-state index is -1.26. The SMILES string of the molecule is COC(=O)C(O)C(C)(C)c1nccnc1C. The summed E-state index contributed by atoms with van der Waals surface area (Å²) < 4.78 is 4.52. The van der Waals surface area contributed by atoms with Gasteiger partial charge in [-0.3, -0.25) is 9.97 Å². The Balaban J connectivity index is 3.11. The van der Waals surface area contributed by atoms with Crippen molar-refractivity contribution in [3.8, 4) is 0 Å². The van der Waals surface area contributed by atoms with Gasteiger partial charge in [0.15, 0.2) is 6.10 Å². The van der Waals surface area contributed by atoms with Crippen molar-refractivity contribution in [3.05, 3.63) is 23.8 Å². The van der Waals surface area contributed by atoms with Gasteiger partial charge in [0, 0.05) is 17.8 Å². The standard InChI is InChI=1S/C11H16N2O3/c1-7-8(13-6-5-12-7)11(2,3)9(14)10(15)16-4/h5-6,9,14H,1-4H3. The number of aryl methyl sites for hydroxylation is 1. The van der Waals surface area contributed by atoms with Crippen molar-refractivity contribution >= 4 is 5.97 Å². The van der Waals surface area contributed by atoms with Gasteiger partial charge in [-0.2, -0.15) is 0 Å². The van der Waals surface area contributed by atoms with E-state index in [9.17, 15) is 9.90 Å². The van der Waals surface area contributed by atoms with Crippen LogP contribution < -0.4 is 0 Å². The molecule has 1 heterocycles. The summed E-state index contributed by atoms with van der Waals surface area (Å²) in [6, 6.07) is 0. The molecule has 0 saturated carbocycles. The van der Waals surface area contributed by atoms with E-state index in [-0.39, 0.29) is 0 Å². The van der Waals surface area contributed by atoms with Gasteiger partial charge in [-0.1, -0.05) is 13.8 Å². The van der Waals surface area contributed by atoms with E-state index in [4.69, 9.17) is 0 Å². The molecule has 1 rings (SSSR count). The number of nitrogens with zero attached hydrogens (tertiary/aromatic N) is 2. The van der Waals surface area contributed by atoms with Gasteiger partial charge in [0.2, 0.25) is 0 Å². The first-order valence-electron chi connectivity index (χ1n) is 4.95. The molecule has 1 N–H and O–H groups in total. The molecule has 1 atom stereocenters. The van der Waals surface area contributed by atoms with E-state index >= 15 is 0 Å². The van der Waals surface area contributed by atoms with Crippen LogP contribution in [0.15, 0.2) is 12.4 Å². The molecular formula is C11H16N2O3. The Labute approximate surface area is 94.5 Å². The van der Waals surface area contributed by atoms with Gasteiger partial charge in [0.1, 0.15) is 0 Å². The zero-order valence-electron chi connectivity index (χ0n) is 9.89. The Kier molecular flexibility index (Phi) is 3.59. The van der Waals surface area contributed by atoms with Crippen molar-refractivity contribution in [3.63, 3.8) is 0 Å². The van der Waals surface area contributed by atoms with Gasteiger partial charge in [-0.05, 0) is 6.92 Å². The van der Waals surface area contributed by atoms with E-state index in [0.29, 0.717) is 11.4 Å². The molecule has 0 bridgehead atoms. The first-order valence-corrected chi connectivity index (χ1v) is 4.95. The fourth-order valence-electron chi connectivity index (χ4n) is 1.58. The highest BCUT2D eigenvalue weighted by molar-refractivity contribution is 5.76. The summed E-state index contributed by atoms with van der Waals surface area (Å²) in [5.41, 5.74) is 0.453. The van der Waals surface area contributed by atoms with Crippen LogP contribution in [0.4, 0.5) is 0 Å². The molecule has 0 amide bonds. The second kappa shape index (κ2) is 4.57. The first kappa shape index (κ1) is 12.6. The van der Waals surface area contributed by atoms with Crippen LogP contribution in [-0.4, -0.2) is 34.3 Å². The van der Waals surface area contributed by atoms with Gasteiger partial charge in [-0.25, -0.2) is 4.79 Å². The molecule has 0 aliphatic heterocycles. The maximum absolute atomic E-state index is 11.3. The van der Waals surface area contributed by atoms with Crippen LogP contribution in [-0.2, 0) is 14.9 Å². The molecule has 5 heteroatoms. The van der Waals surface area contributed by atoms with E-state index in [0.717, 1.165) is 0 Å². The Hall–Kier alpha value is -1.49. The Morgan fingerprint density at radius 2 is 2.00 bits per heavy atom. The summed E-state index contributed by atoms with van der Waals surface area (Å²) in [7, 11) is 1.24. The lowest BCUT2D eigenvalue weighted by Gasteiger charge is -2.28. The Morgan fingerprint density at radius 3 is 2.50 bits per heavy atom. The number of carbonyl (C=O) groups excluding carboxylic acids is 1. The number of methoxy groups -OCH3 is 1. The quantitative estimate of drug-likeness (QED) is 0.761. The van der Waals surface area contributed by atoms with Crippen molar-refractivity contribution in [2.75, 3.05) is 7.11 Å². The lowest BCUT2D eigenvalue weighted by atomic mass is 9.82. The number of esters is 1. The zero-order valence-corrected chi connectivity index (χ0v) is 9.89. The normalized spacial score (nSPS) is 13.3. The molecule has 1 aromatic heterocycles. The molecule has 5 nitrogen and oxygen atoms in total. The third-order valence-electron chi connectivity index (χ3n) is 2.60. The summed E-state index contributed by atoms with van der Waals surface area (Å²) in [6.07, 6.45) is 1.85. The fourth-order valence-corrected chi connectivity index (χ4v) is 1.58. The highest BCUT2D eigenvalue weighted by Gasteiger charge is 2.38. The highest BCUT2D eigenvalue weighted by Crippen LogP contribution is 2.27. The molecule has 0 aromatic carbocycles. The van der Waals surface area contributed by atoms with Crippen LogP contribution in [0.3, 0.4) is 0 Å². The highest BCUT2D eigenvalue weighted by atomic mass is 16.5. The lowest BCUT2D eigenvalue weighted by molar-refractivity contribution is -0.154. The van der Waals surface area contributed by atoms with Crippen LogP contribution >= 0.6 is 0 Å². The average Bonchev–Trinajstić information content (AvgIpc) is 2.27. The fraction of sp³-hybridized carbons (Fsp3) is 0.545.